The Hall–Kier alpha value is -0.930. The van der Waals surface area contributed by atoms with E-state index in [1.54, 1.807) is 11.3 Å². The first-order valence-corrected chi connectivity index (χ1v) is 4.82. The van der Waals surface area contributed by atoms with E-state index in [0.717, 1.165) is 15.0 Å². The van der Waals surface area contributed by atoms with Gasteiger partial charge >= 0.3 is 0 Å². The van der Waals surface area contributed by atoms with E-state index >= 15 is 0 Å². The van der Waals surface area contributed by atoms with E-state index in [1.165, 1.54) is 12.1 Å². The average Bonchev–Trinajstić information content (AvgIpc) is 2.43. The molecule has 0 saturated carbocycles. The molecule has 2 rings (SSSR count). The van der Waals surface area contributed by atoms with Crippen molar-refractivity contribution in [2.75, 3.05) is 0 Å². The predicted molar refractivity (Wildman–Crippen MR) is 52.4 cm³/mol. The molecule has 68 valence electrons. The molecule has 0 aliphatic carbocycles. The second kappa shape index (κ2) is 3.09. The van der Waals surface area contributed by atoms with E-state index in [4.69, 9.17) is 5.11 Å². The Kier molecular flexibility index (Phi) is 2.06. The number of aryl methyl sites for hydroxylation is 1. The fourth-order valence-electron chi connectivity index (χ4n) is 1.43. The molecule has 0 spiro atoms. The van der Waals surface area contributed by atoms with Gasteiger partial charge in [-0.3, -0.25) is 0 Å². The lowest BCUT2D eigenvalue weighted by atomic mass is 10.1. The Labute approximate surface area is 79.4 Å². The van der Waals surface area contributed by atoms with Crippen LogP contribution in [0, 0.1) is 12.7 Å². The van der Waals surface area contributed by atoms with Crippen molar-refractivity contribution >= 4 is 21.4 Å². The first kappa shape index (κ1) is 8.66. The van der Waals surface area contributed by atoms with Crippen LogP contribution in [0.5, 0.6) is 0 Å². The largest absolute Gasteiger partial charge is 0.392 e. The van der Waals surface area contributed by atoms with Gasteiger partial charge in [-0.05, 0) is 36.1 Å². The van der Waals surface area contributed by atoms with Crippen LogP contribution < -0.4 is 0 Å². The summed E-state index contributed by atoms with van der Waals surface area (Å²) in [5.74, 6) is -0.283. The van der Waals surface area contributed by atoms with Crippen LogP contribution in [0.25, 0.3) is 10.1 Å². The fourth-order valence-corrected chi connectivity index (χ4v) is 2.43. The minimum absolute atomic E-state index is 0.103. The van der Waals surface area contributed by atoms with Crippen molar-refractivity contribution in [2.24, 2.45) is 0 Å². The van der Waals surface area contributed by atoms with Gasteiger partial charge in [-0.2, -0.15) is 0 Å². The molecule has 1 nitrogen and oxygen atoms in total. The number of rotatable bonds is 1. The van der Waals surface area contributed by atoms with E-state index in [1.807, 2.05) is 13.0 Å². The van der Waals surface area contributed by atoms with Crippen LogP contribution in [0.3, 0.4) is 0 Å². The molecular weight excluding hydrogens is 187 g/mol. The number of halogens is 1. The minimum atomic E-state index is -0.283. The van der Waals surface area contributed by atoms with E-state index in [0.29, 0.717) is 5.56 Å². The molecule has 1 aromatic carbocycles. The standard InChI is InChI=1S/C10H9FOS/c1-6-2-7-3-9(11)4-8(5-12)10(7)13-6/h2-4,12H,5H2,1H3. The summed E-state index contributed by atoms with van der Waals surface area (Å²) >= 11 is 1.59. The first-order chi connectivity index (χ1) is 6.20. The summed E-state index contributed by atoms with van der Waals surface area (Å²) in [6.07, 6.45) is 0. The van der Waals surface area contributed by atoms with Gasteiger partial charge in [-0.1, -0.05) is 0 Å². The summed E-state index contributed by atoms with van der Waals surface area (Å²) in [7, 11) is 0. The van der Waals surface area contributed by atoms with Gasteiger partial charge in [0.15, 0.2) is 0 Å². The number of fused-ring (bicyclic) bond motifs is 1. The Morgan fingerprint density at radius 2 is 2.15 bits per heavy atom. The minimum Gasteiger partial charge on any atom is -0.392 e. The molecule has 0 bridgehead atoms. The molecule has 0 radical (unpaired) electrons. The predicted octanol–water partition coefficient (Wildman–Crippen LogP) is 2.84. The highest BCUT2D eigenvalue weighted by molar-refractivity contribution is 7.19. The topological polar surface area (TPSA) is 20.2 Å². The van der Waals surface area contributed by atoms with Crippen LogP contribution in [-0.4, -0.2) is 5.11 Å². The third-order valence-electron chi connectivity index (χ3n) is 1.95. The zero-order valence-electron chi connectivity index (χ0n) is 7.17. The van der Waals surface area contributed by atoms with Crippen molar-refractivity contribution in [3.8, 4) is 0 Å². The maximum absolute atomic E-state index is 13.0. The van der Waals surface area contributed by atoms with Crippen molar-refractivity contribution < 1.29 is 9.50 Å². The third-order valence-corrected chi connectivity index (χ3v) is 3.09. The molecule has 0 aliphatic heterocycles. The van der Waals surface area contributed by atoms with Gasteiger partial charge in [-0.25, -0.2) is 4.39 Å². The lowest BCUT2D eigenvalue weighted by Crippen LogP contribution is -1.84. The lowest BCUT2D eigenvalue weighted by molar-refractivity contribution is 0.283. The highest BCUT2D eigenvalue weighted by Gasteiger charge is 2.05. The highest BCUT2D eigenvalue weighted by Crippen LogP contribution is 2.29. The summed E-state index contributed by atoms with van der Waals surface area (Å²) < 4.78 is 14.0. The zero-order valence-corrected chi connectivity index (χ0v) is 7.99. The number of aliphatic hydroxyl groups excluding tert-OH is 1. The van der Waals surface area contributed by atoms with E-state index in [9.17, 15) is 4.39 Å². The van der Waals surface area contributed by atoms with E-state index < -0.39 is 0 Å². The smallest absolute Gasteiger partial charge is 0.124 e. The second-order valence-electron chi connectivity index (χ2n) is 3.00. The van der Waals surface area contributed by atoms with Crippen LogP contribution in [0.15, 0.2) is 18.2 Å². The van der Waals surface area contributed by atoms with E-state index in [-0.39, 0.29) is 12.4 Å². The average molecular weight is 196 g/mol. The first-order valence-electron chi connectivity index (χ1n) is 4.00. The lowest BCUT2D eigenvalue weighted by Gasteiger charge is -1.98. The summed E-state index contributed by atoms with van der Waals surface area (Å²) in [4.78, 5) is 1.13. The monoisotopic (exact) mass is 196 g/mol. The molecule has 0 fully saturated rings. The van der Waals surface area contributed by atoms with Gasteiger partial charge in [0.25, 0.3) is 0 Å². The molecule has 0 unspecified atom stereocenters. The molecule has 0 aliphatic rings. The van der Waals surface area contributed by atoms with Crippen molar-refractivity contribution in [3.05, 3.63) is 34.5 Å². The molecule has 13 heavy (non-hydrogen) atoms. The second-order valence-corrected chi connectivity index (χ2v) is 4.25. The number of aliphatic hydroxyl groups is 1. The van der Waals surface area contributed by atoms with Crippen LogP contribution >= 0.6 is 11.3 Å². The Morgan fingerprint density at radius 3 is 2.85 bits per heavy atom. The van der Waals surface area contributed by atoms with Crippen molar-refractivity contribution in [1.29, 1.82) is 0 Å². The van der Waals surface area contributed by atoms with Crippen LogP contribution in [0.4, 0.5) is 4.39 Å². The molecule has 1 heterocycles. The molecule has 0 amide bonds. The van der Waals surface area contributed by atoms with Crippen LogP contribution in [0.1, 0.15) is 10.4 Å². The SMILES string of the molecule is Cc1cc2cc(F)cc(CO)c2s1. The Balaban J connectivity index is 2.80. The maximum Gasteiger partial charge on any atom is 0.124 e. The Morgan fingerprint density at radius 1 is 1.38 bits per heavy atom. The number of hydrogen-bond donors (Lipinski definition) is 1. The zero-order chi connectivity index (χ0) is 9.42. The maximum atomic E-state index is 13.0. The number of benzene rings is 1. The molecule has 2 aromatic rings. The highest BCUT2D eigenvalue weighted by atomic mass is 32.1. The summed E-state index contributed by atoms with van der Waals surface area (Å²) in [6.45, 7) is 1.87. The van der Waals surface area contributed by atoms with Crippen molar-refractivity contribution in [2.45, 2.75) is 13.5 Å². The molecule has 1 aromatic heterocycles. The molecular formula is C10H9FOS. The summed E-state index contributed by atoms with van der Waals surface area (Å²) in [6, 6.07) is 4.82. The fraction of sp³-hybridized carbons (Fsp3) is 0.200. The van der Waals surface area contributed by atoms with Crippen LogP contribution in [0.2, 0.25) is 0 Å². The Bertz CT molecular complexity index is 447. The normalized spacial score (nSPS) is 11.0. The number of hydrogen-bond acceptors (Lipinski definition) is 2. The van der Waals surface area contributed by atoms with Crippen LogP contribution in [-0.2, 0) is 6.61 Å². The molecule has 0 saturated heterocycles. The summed E-state index contributed by atoms with van der Waals surface area (Å²) in [5, 5.41) is 9.89. The van der Waals surface area contributed by atoms with Gasteiger partial charge in [0, 0.05) is 9.58 Å². The summed E-state index contributed by atoms with van der Waals surface area (Å²) in [5.41, 5.74) is 0.674. The molecule has 0 atom stereocenters. The van der Waals surface area contributed by atoms with Crippen molar-refractivity contribution in [1.82, 2.24) is 0 Å². The third kappa shape index (κ3) is 1.45. The van der Waals surface area contributed by atoms with Gasteiger partial charge < -0.3 is 5.11 Å². The molecule has 3 heteroatoms. The van der Waals surface area contributed by atoms with Gasteiger partial charge in [0.05, 0.1) is 6.61 Å². The molecule has 1 N–H and O–H groups in total. The van der Waals surface area contributed by atoms with E-state index in [2.05, 4.69) is 0 Å². The van der Waals surface area contributed by atoms with Crippen molar-refractivity contribution in [3.63, 3.8) is 0 Å². The number of thiophene rings is 1. The van der Waals surface area contributed by atoms with Gasteiger partial charge in [0.2, 0.25) is 0 Å². The van der Waals surface area contributed by atoms with Gasteiger partial charge in [0.1, 0.15) is 5.82 Å². The quantitative estimate of drug-likeness (QED) is 0.743. The van der Waals surface area contributed by atoms with Gasteiger partial charge in [-0.15, -0.1) is 11.3 Å².